The monoisotopic (exact) mass is 411 g/mol. The molecule has 0 saturated heterocycles. The summed E-state index contributed by atoms with van der Waals surface area (Å²) in [7, 11) is -1.88. The minimum absolute atomic E-state index is 0.0355. The van der Waals surface area contributed by atoms with Crippen molar-refractivity contribution in [1.29, 1.82) is 0 Å². The summed E-state index contributed by atoms with van der Waals surface area (Å²) in [6, 6.07) is 3.55. The number of nitrogens with zero attached hydrogens (tertiary/aromatic N) is 3. The predicted octanol–water partition coefficient (Wildman–Crippen LogP) is 3.83. The van der Waals surface area contributed by atoms with Crippen LogP contribution in [0.5, 0.6) is 0 Å². The molecule has 1 fully saturated rings. The lowest BCUT2D eigenvalue weighted by Crippen LogP contribution is -2.38. The van der Waals surface area contributed by atoms with Crippen molar-refractivity contribution < 1.29 is 12.8 Å². The summed E-state index contributed by atoms with van der Waals surface area (Å²) in [6.45, 7) is 0.255. The lowest BCUT2D eigenvalue weighted by atomic mass is 10.2. The lowest BCUT2D eigenvalue weighted by Gasteiger charge is -2.28. The lowest BCUT2D eigenvalue weighted by molar-refractivity contribution is 0.311. The first-order valence-electron chi connectivity index (χ1n) is 9.38. The molecule has 0 radical (unpaired) electrons. The first-order valence-corrected chi connectivity index (χ1v) is 11.2. The average molecular weight is 412 g/mol. The minimum atomic E-state index is -3.80. The fraction of sp³-hybridized carbons (Fsp3) is 0.526. The molecule has 0 N–H and O–H groups in total. The van der Waals surface area contributed by atoms with Crippen molar-refractivity contribution in [2.75, 3.05) is 0 Å². The van der Waals surface area contributed by atoms with E-state index < -0.39 is 15.8 Å². The summed E-state index contributed by atoms with van der Waals surface area (Å²) in [5.41, 5.74) is 3.24. The van der Waals surface area contributed by atoms with E-state index in [2.05, 4.69) is 5.10 Å². The van der Waals surface area contributed by atoms with Gasteiger partial charge in [-0.05, 0) is 55.9 Å². The van der Waals surface area contributed by atoms with Gasteiger partial charge in [-0.2, -0.15) is 9.40 Å². The molecule has 2 aliphatic carbocycles. The molecule has 1 aromatic carbocycles. The molecular weight excluding hydrogens is 389 g/mol. The molecule has 2 aromatic rings. The van der Waals surface area contributed by atoms with Gasteiger partial charge >= 0.3 is 0 Å². The summed E-state index contributed by atoms with van der Waals surface area (Å²) in [6.07, 6.45) is 6.72. The SMILES string of the molecule is Cn1nc(CN(C2CCCC2)S(=O)(=O)c2ccc(F)c(Cl)c2)c2c1CCC2. The summed E-state index contributed by atoms with van der Waals surface area (Å²) in [4.78, 5) is 0.0355. The number of halogens is 2. The Hall–Kier alpha value is -1.44. The van der Waals surface area contributed by atoms with E-state index >= 15 is 0 Å². The number of benzene rings is 1. The van der Waals surface area contributed by atoms with Crippen LogP contribution in [-0.2, 0) is 36.5 Å². The molecule has 1 heterocycles. The molecule has 0 spiro atoms. The molecule has 0 unspecified atom stereocenters. The molecule has 5 nitrogen and oxygen atoms in total. The van der Waals surface area contributed by atoms with Crippen LogP contribution < -0.4 is 0 Å². The van der Waals surface area contributed by atoms with E-state index in [1.807, 2.05) is 11.7 Å². The minimum Gasteiger partial charge on any atom is -0.272 e. The van der Waals surface area contributed by atoms with Crippen LogP contribution in [0.25, 0.3) is 0 Å². The smallest absolute Gasteiger partial charge is 0.243 e. The molecule has 0 aliphatic heterocycles. The number of hydrogen-bond donors (Lipinski definition) is 0. The number of aromatic nitrogens is 2. The van der Waals surface area contributed by atoms with Gasteiger partial charge in [0.15, 0.2) is 0 Å². The maximum atomic E-state index is 13.5. The maximum Gasteiger partial charge on any atom is 0.243 e. The Morgan fingerprint density at radius 3 is 2.70 bits per heavy atom. The second-order valence-electron chi connectivity index (χ2n) is 7.41. The molecule has 0 amide bonds. The second kappa shape index (κ2) is 7.18. The van der Waals surface area contributed by atoms with Gasteiger partial charge in [0.1, 0.15) is 5.82 Å². The van der Waals surface area contributed by atoms with Crippen LogP contribution in [0.4, 0.5) is 4.39 Å². The quantitative estimate of drug-likeness (QED) is 0.751. The predicted molar refractivity (Wildman–Crippen MR) is 102 cm³/mol. The highest BCUT2D eigenvalue weighted by Gasteiger charge is 2.35. The fourth-order valence-corrected chi connectivity index (χ4v) is 6.27. The van der Waals surface area contributed by atoms with Gasteiger partial charge in [0.2, 0.25) is 10.0 Å². The topological polar surface area (TPSA) is 55.2 Å². The fourth-order valence-electron chi connectivity index (χ4n) is 4.35. The normalized spacial score (nSPS) is 17.8. The first-order chi connectivity index (χ1) is 12.9. The van der Waals surface area contributed by atoms with Gasteiger partial charge in [-0.3, -0.25) is 4.68 Å². The molecule has 8 heteroatoms. The standard InChI is InChI=1S/C19H23ClFN3O2S/c1-23-19-8-4-7-15(19)18(22-23)12-24(13-5-2-3-6-13)27(25,26)14-9-10-17(21)16(20)11-14/h9-11,13H,2-8,12H2,1H3. The number of sulfonamides is 1. The zero-order valence-electron chi connectivity index (χ0n) is 15.3. The molecule has 1 aromatic heterocycles. The molecular formula is C19H23ClFN3O2S. The van der Waals surface area contributed by atoms with Gasteiger partial charge in [0.25, 0.3) is 0 Å². The van der Waals surface area contributed by atoms with Crippen LogP contribution in [-0.4, -0.2) is 28.5 Å². The van der Waals surface area contributed by atoms with Gasteiger partial charge in [-0.25, -0.2) is 12.8 Å². The van der Waals surface area contributed by atoms with Crippen molar-refractivity contribution in [3.8, 4) is 0 Å². The largest absolute Gasteiger partial charge is 0.272 e. The van der Waals surface area contributed by atoms with Crippen LogP contribution in [0, 0.1) is 5.82 Å². The zero-order chi connectivity index (χ0) is 19.2. The van der Waals surface area contributed by atoms with E-state index in [-0.39, 0.29) is 22.5 Å². The Labute approximate surface area is 164 Å². The van der Waals surface area contributed by atoms with Crippen LogP contribution in [0.2, 0.25) is 5.02 Å². The number of aryl methyl sites for hydroxylation is 1. The molecule has 1 saturated carbocycles. The van der Waals surface area contributed by atoms with Crippen LogP contribution in [0.3, 0.4) is 0 Å². The molecule has 0 bridgehead atoms. The highest BCUT2D eigenvalue weighted by atomic mass is 35.5. The van der Waals surface area contributed by atoms with Crippen molar-refractivity contribution in [1.82, 2.24) is 14.1 Å². The second-order valence-corrected chi connectivity index (χ2v) is 9.71. The molecule has 0 atom stereocenters. The third-order valence-corrected chi connectivity index (χ3v) is 7.92. The number of rotatable bonds is 5. The Morgan fingerprint density at radius 2 is 2.00 bits per heavy atom. The summed E-state index contributed by atoms with van der Waals surface area (Å²) >= 11 is 5.85. The summed E-state index contributed by atoms with van der Waals surface area (Å²) < 4.78 is 43.8. The van der Waals surface area contributed by atoms with Crippen molar-refractivity contribution >= 4 is 21.6 Å². The van der Waals surface area contributed by atoms with Gasteiger partial charge < -0.3 is 0 Å². The van der Waals surface area contributed by atoms with Gasteiger partial charge in [0.05, 0.1) is 22.2 Å². The van der Waals surface area contributed by atoms with E-state index in [0.717, 1.165) is 56.7 Å². The van der Waals surface area contributed by atoms with E-state index in [9.17, 15) is 12.8 Å². The van der Waals surface area contributed by atoms with Crippen molar-refractivity contribution in [2.24, 2.45) is 7.05 Å². The third kappa shape index (κ3) is 3.41. The van der Waals surface area contributed by atoms with E-state index in [4.69, 9.17) is 11.6 Å². The molecule has 27 heavy (non-hydrogen) atoms. The van der Waals surface area contributed by atoms with Crippen LogP contribution in [0.1, 0.15) is 49.1 Å². The summed E-state index contributed by atoms with van der Waals surface area (Å²) in [5.74, 6) is -0.620. The molecule has 2 aliphatic rings. The zero-order valence-corrected chi connectivity index (χ0v) is 16.9. The Kier molecular flexibility index (Phi) is 5.03. The third-order valence-electron chi connectivity index (χ3n) is 5.73. The van der Waals surface area contributed by atoms with Crippen molar-refractivity contribution in [2.45, 2.75) is 62.4 Å². The Bertz CT molecular complexity index is 968. The Balaban J connectivity index is 1.73. The highest BCUT2D eigenvalue weighted by Crippen LogP contribution is 2.33. The van der Waals surface area contributed by atoms with Gasteiger partial charge in [-0.1, -0.05) is 24.4 Å². The first kappa shape index (κ1) is 18.9. The Morgan fingerprint density at radius 1 is 1.26 bits per heavy atom. The molecule has 4 rings (SSSR count). The summed E-state index contributed by atoms with van der Waals surface area (Å²) in [5, 5.41) is 4.43. The molecule has 146 valence electrons. The average Bonchev–Trinajstić information content (AvgIpc) is 3.35. The maximum absolute atomic E-state index is 13.5. The highest BCUT2D eigenvalue weighted by molar-refractivity contribution is 7.89. The van der Waals surface area contributed by atoms with E-state index in [1.165, 1.54) is 23.4 Å². The van der Waals surface area contributed by atoms with Gasteiger partial charge in [-0.15, -0.1) is 0 Å². The van der Waals surface area contributed by atoms with Crippen LogP contribution in [0.15, 0.2) is 23.1 Å². The van der Waals surface area contributed by atoms with E-state index in [1.54, 1.807) is 4.31 Å². The number of hydrogen-bond acceptors (Lipinski definition) is 3. The number of fused-ring (bicyclic) bond motifs is 1. The van der Waals surface area contributed by atoms with Crippen LogP contribution >= 0.6 is 11.6 Å². The van der Waals surface area contributed by atoms with Crippen molar-refractivity contribution in [3.05, 3.63) is 46.0 Å². The van der Waals surface area contributed by atoms with Crippen molar-refractivity contribution in [3.63, 3.8) is 0 Å². The van der Waals surface area contributed by atoms with Gasteiger partial charge in [0, 0.05) is 18.8 Å². The van der Waals surface area contributed by atoms with E-state index in [0.29, 0.717) is 0 Å².